The molecule has 0 saturated carbocycles. The Labute approximate surface area is 96.2 Å². The van der Waals surface area contributed by atoms with E-state index in [0.717, 1.165) is 12.1 Å². The largest absolute Gasteiger partial charge is 0.261 e. The summed E-state index contributed by atoms with van der Waals surface area (Å²) in [6.45, 7) is 6.46. The van der Waals surface area contributed by atoms with Crippen LogP contribution >= 0.6 is 0 Å². The summed E-state index contributed by atoms with van der Waals surface area (Å²) in [7, 11) is 0. The highest BCUT2D eigenvalue weighted by atomic mass is 14.7. The van der Waals surface area contributed by atoms with Crippen molar-refractivity contribution in [3.63, 3.8) is 0 Å². The molecule has 1 aliphatic carbocycles. The van der Waals surface area contributed by atoms with Crippen molar-refractivity contribution in [1.29, 1.82) is 0 Å². The Kier molecular flexibility index (Phi) is 1.90. The fraction of sp³-hybridized carbons (Fsp3) is 0.267. The molecule has 0 atom stereocenters. The maximum Gasteiger partial charge on any atom is 0.0408 e. The van der Waals surface area contributed by atoms with Crippen molar-refractivity contribution in [2.75, 3.05) is 0 Å². The summed E-state index contributed by atoms with van der Waals surface area (Å²) in [5.41, 5.74) is 9.57. The van der Waals surface area contributed by atoms with Crippen LogP contribution in [0.1, 0.15) is 27.9 Å². The quantitative estimate of drug-likeness (QED) is 0.551. The number of nitrogens with zero attached hydrogens (tertiary/aromatic N) is 1. The normalized spacial score (nSPS) is 12.4. The molecule has 0 spiro atoms. The van der Waals surface area contributed by atoms with Crippen LogP contribution in [0.4, 0.5) is 0 Å². The maximum absolute atomic E-state index is 4.46. The number of rotatable bonds is 0. The van der Waals surface area contributed by atoms with Gasteiger partial charge in [-0.15, -0.1) is 0 Å². The molecular formula is C15H15N. The predicted molar refractivity (Wildman–Crippen MR) is 66.7 cm³/mol. The van der Waals surface area contributed by atoms with Gasteiger partial charge in [-0.05, 0) is 54.2 Å². The van der Waals surface area contributed by atoms with Crippen LogP contribution < -0.4 is 0 Å². The molecule has 0 bridgehead atoms. The first kappa shape index (κ1) is 9.59. The Morgan fingerprint density at radius 3 is 2.75 bits per heavy atom. The zero-order valence-electron chi connectivity index (χ0n) is 9.96. The highest BCUT2D eigenvalue weighted by molar-refractivity contribution is 5.80. The van der Waals surface area contributed by atoms with Gasteiger partial charge in [-0.3, -0.25) is 4.98 Å². The minimum Gasteiger partial charge on any atom is -0.261 e. The molecule has 0 N–H and O–H groups in total. The topological polar surface area (TPSA) is 12.9 Å². The molecule has 80 valence electrons. The summed E-state index contributed by atoms with van der Waals surface area (Å²) in [5, 5.41) is 0. The standard InChI is InChI=1S/C15H15N/c1-9-5-4-6-13-14(9)7-12-8-16-11(3)10(2)15(12)13/h4-6,8H,7H2,1-3H3. The number of hydrogen-bond donors (Lipinski definition) is 0. The third-order valence-corrected chi connectivity index (χ3v) is 3.70. The molecule has 16 heavy (non-hydrogen) atoms. The van der Waals surface area contributed by atoms with Crippen LogP contribution in [-0.4, -0.2) is 4.98 Å². The maximum atomic E-state index is 4.46. The molecule has 2 aromatic rings. The Morgan fingerprint density at radius 2 is 1.94 bits per heavy atom. The molecule has 0 unspecified atom stereocenters. The van der Waals surface area contributed by atoms with Crippen LogP contribution in [0.25, 0.3) is 11.1 Å². The fourth-order valence-corrected chi connectivity index (χ4v) is 2.63. The van der Waals surface area contributed by atoms with E-state index in [2.05, 4.69) is 44.0 Å². The van der Waals surface area contributed by atoms with Crippen LogP contribution in [0.15, 0.2) is 24.4 Å². The third kappa shape index (κ3) is 1.15. The van der Waals surface area contributed by atoms with Crippen molar-refractivity contribution < 1.29 is 0 Å². The first-order chi connectivity index (χ1) is 7.68. The molecule has 0 aliphatic heterocycles. The summed E-state index contributed by atoms with van der Waals surface area (Å²) in [6.07, 6.45) is 3.09. The zero-order chi connectivity index (χ0) is 11.3. The number of fused-ring (bicyclic) bond motifs is 3. The molecule has 1 heteroatoms. The molecule has 1 aromatic heterocycles. The number of hydrogen-bond acceptors (Lipinski definition) is 1. The molecule has 1 heterocycles. The van der Waals surface area contributed by atoms with E-state index in [1.807, 2.05) is 6.20 Å². The average molecular weight is 209 g/mol. The van der Waals surface area contributed by atoms with E-state index < -0.39 is 0 Å². The van der Waals surface area contributed by atoms with Gasteiger partial charge in [-0.25, -0.2) is 0 Å². The Hall–Kier alpha value is -1.63. The van der Waals surface area contributed by atoms with E-state index in [-0.39, 0.29) is 0 Å². The Bertz CT molecular complexity index is 582. The van der Waals surface area contributed by atoms with E-state index in [1.165, 1.54) is 33.4 Å². The number of benzene rings is 1. The lowest BCUT2D eigenvalue weighted by molar-refractivity contribution is 1.11. The predicted octanol–water partition coefficient (Wildman–Crippen LogP) is 3.58. The molecular weight excluding hydrogens is 194 g/mol. The van der Waals surface area contributed by atoms with Gasteiger partial charge in [0.2, 0.25) is 0 Å². The van der Waals surface area contributed by atoms with E-state index in [1.54, 1.807) is 0 Å². The van der Waals surface area contributed by atoms with Crippen molar-refractivity contribution in [3.05, 3.63) is 52.3 Å². The molecule has 1 aromatic carbocycles. The molecule has 1 nitrogen and oxygen atoms in total. The summed E-state index contributed by atoms with van der Waals surface area (Å²) in [4.78, 5) is 4.46. The van der Waals surface area contributed by atoms with Crippen molar-refractivity contribution in [1.82, 2.24) is 4.98 Å². The lowest BCUT2D eigenvalue weighted by Crippen LogP contribution is -1.92. The van der Waals surface area contributed by atoms with Crippen LogP contribution in [0.2, 0.25) is 0 Å². The monoisotopic (exact) mass is 209 g/mol. The summed E-state index contributed by atoms with van der Waals surface area (Å²) >= 11 is 0. The number of aromatic nitrogens is 1. The molecule has 0 radical (unpaired) electrons. The van der Waals surface area contributed by atoms with Gasteiger partial charge in [0.05, 0.1) is 0 Å². The molecule has 0 fully saturated rings. The van der Waals surface area contributed by atoms with Crippen LogP contribution in [0.3, 0.4) is 0 Å². The smallest absolute Gasteiger partial charge is 0.0408 e. The summed E-state index contributed by atoms with van der Waals surface area (Å²) < 4.78 is 0. The fourth-order valence-electron chi connectivity index (χ4n) is 2.63. The highest BCUT2D eigenvalue weighted by Gasteiger charge is 2.22. The van der Waals surface area contributed by atoms with Gasteiger partial charge in [0.25, 0.3) is 0 Å². The van der Waals surface area contributed by atoms with Crippen molar-refractivity contribution in [2.45, 2.75) is 27.2 Å². The lowest BCUT2D eigenvalue weighted by atomic mass is 9.99. The van der Waals surface area contributed by atoms with Gasteiger partial charge >= 0.3 is 0 Å². The number of aryl methyl sites for hydroxylation is 2. The van der Waals surface area contributed by atoms with Crippen LogP contribution in [0.5, 0.6) is 0 Å². The van der Waals surface area contributed by atoms with Crippen molar-refractivity contribution in [2.24, 2.45) is 0 Å². The second-order valence-electron chi connectivity index (χ2n) is 4.65. The Morgan fingerprint density at radius 1 is 1.12 bits per heavy atom. The lowest BCUT2D eigenvalue weighted by Gasteiger charge is -2.08. The van der Waals surface area contributed by atoms with Crippen molar-refractivity contribution in [3.8, 4) is 11.1 Å². The van der Waals surface area contributed by atoms with Crippen LogP contribution in [0, 0.1) is 20.8 Å². The Balaban J connectivity index is 2.36. The van der Waals surface area contributed by atoms with Gasteiger partial charge in [0.15, 0.2) is 0 Å². The minimum atomic E-state index is 1.05. The van der Waals surface area contributed by atoms with E-state index >= 15 is 0 Å². The zero-order valence-corrected chi connectivity index (χ0v) is 9.96. The first-order valence-corrected chi connectivity index (χ1v) is 5.72. The average Bonchev–Trinajstić information content (AvgIpc) is 2.64. The third-order valence-electron chi connectivity index (χ3n) is 3.70. The van der Waals surface area contributed by atoms with Gasteiger partial charge in [0.1, 0.15) is 0 Å². The van der Waals surface area contributed by atoms with Gasteiger partial charge in [-0.1, -0.05) is 18.2 Å². The second kappa shape index (κ2) is 3.18. The minimum absolute atomic E-state index is 1.05. The van der Waals surface area contributed by atoms with Gasteiger partial charge in [0, 0.05) is 18.3 Å². The van der Waals surface area contributed by atoms with E-state index in [0.29, 0.717) is 0 Å². The molecule has 3 rings (SSSR count). The van der Waals surface area contributed by atoms with Crippen molar-refractivity contribution >= 4 is 0 Å². The van der Waals surface area contributed by atoms with Gasteiger partial charge in [-0.2, -0.15) is 0 Å². The van der Waals surface area contributed by atoms with Gasteiger partial charge < -0.3 is 0 Å². The highest BCUT2D eigenvalue weighted by Crippen LogP contribution is 2.40. The second-order valence-corrected chi connectivity index (χ2v) is 4.65. The van der Waals surface area contributed by atoms with E-state index in [4.69, 9.17) is 0 Å². The molecule has 0 amide bonds. The first-order valence-electron chi connectivity index (χ1n) is 5.72. The summed E-state index contributed by atoms with van der Waals surface area (Å²) in [5.74, 6) is 0. The van der Waals surface area contributed by atoms with E-state index in [9.17, 15) is 0 Å². The SMILES string of the molecule is Cc1cccc2c1Cc1cnc(C)c(C)c1-2. The van der Waals surface area contributed by atoms with Crippen LogP contribution in [-0.2, 0) is 6.42 Å². The summed E-state index contributed by atoms with van der Waals surface area (Å²) in [6, 6.07) is 6.58. The number of pyridine rings is 1. The molecule has 1 aliphatic rings. The molecule has 0 saturated heterocycles.